The molecule has 0 saturated carbocycles. The first kappa shape index (κ1) is 18.6. The largest absolute Gasteiger partial charge is 0.476 e. The van der Waals surface area contributed by atoms with E-state index in [2.05, 4.69) is 20.3 Å². The molecule has 27 heavy (non-hydrogen) atoms. The molecule has 3 rings (SSSR count). The Morgan fingerprint density at radius 3 is 2.85 bits per heavy atom. The van der Waals surface area contributed by atoms with Crippen LogP contribution in [0.2, 0.25) is 5.02 Å². The minimum Gasteiger partial charge on any atom is -0.476 e. The zero-order valence-electron chi connectivity index (χ0n) is 14.6. The van der Waals surface area contributed by atoms with Gasteiger partial charge in [-0.05, 0) is 24.6 Å². The molecule has 3 aromatic rings. The number of carbonyl (C=O) groups is 1. The summed E-state index contributed by atoms with van der Waals surface area (Å²) in [4.78, 5) is 23.1. The number of nitrogens with zero attached hydrogens (tertiary/aromatic N) is 3. The summed E-state index contributed by atoms with van der Waals surface area (Å²) < 4.78 is 5.53. The predicted octanol–water partition coefficient (Wildman–Crippen LogP) is 3.39. The van der Waals surface area contributed by atoms with Crippen molar-refractivity contribution < 1.29 is 9.53 Å². The summed E-state index contributed by atoms with van der Waals surface area (Å²) >= 11 is 6.19. The van der Waals surface area contributed by atoms with Crippen molar-refractivity contribution >= 4 is 29.7 Å². The second-order valence-corrected chi connectivity index (χ2v) is 6.14. The molecule has 0 unspecified atom stereocenters. The molecule has 138 valence electrons. The molecule has 3 N–H and O–H groups in total. The van der Waals surface area contributed by atoms with Crippen LogP contribution >= 0.6 is 11.6 Å². The Balaban J connectivity index is 1.64. The summed E-state index contributed by atoms with van der Waals surface area (Å²) in [5.41, 5.74) is 8.86. The average molecular weight is 384 g/mol. The van der Waals surface area contributed by atoms with E-state index < -0.39 is 0 Å². The van der Waals surface area contributed by atoms with Crippen LogP contribution in [-0.2, 0) is 0 Å². The van der Waals surface area contributed by atoms with E-state index >= 15 is 0 Å². The van der Waals surface area contributed by atoms with E-state index in [1.807, 2.05) is 31.2 Å². The molecule has 0 aliphatic carbocycles. The maximum absolute atomic E-state index is 10.6. The van der Waals surface area contributed by atoms with Crippen molar-refractivity contribution in [2.45, 2.75) is 6.92 Å². The van der Waals surface area contributed by atoms with Gasteiger partial charge in [0.1, 0.15) is 12.4 Å². The van der Waals surface area contributed by atoms with Gasteiger partial charge in [0.15, 0.2) is 6.29 Å². The van der Waals surface area contributed by atoms with Gasteiger partial charge in [0, 0.05) is 34.5 Å². The fourth-order valence-corrected chi connectivity index (χ4v) is 2.64. The van der Waals surface area contributed by atoms with Crippen molar-refractivity contribution in [3.63, 3.8) is 0 Å². The molecule has 7 nitrogen and oxygen atoms in total. The first-order chi connectivity index (χ1) is 13.1. The van der Waals surface area contributed by atoms with Crippen molar-refractivity contribution in [1.82, 2.24) is 15.0 Å². The number of aldehydes is 1. The summed E-state index contributed by atoms with van der Waals surface area (Å²) in [6.45, 7) is 2.78. The molecular formula is C19H18ClN5O2. The topological polar surface area (TPSA) is 103 Å². The normalized spacial score (nSPS) is 10.4. The number of hydrogen-bond acceptors (Lipinski definition) is 7. The van der Waals surface area contributed by atoms with Crippen LogP contribution in [0.15, 0.2) is 42.6 Å². The lowest BCUT2D eigenvalue weighted by Crippen LogP contribution is -2.13. The van der Waals surface area contributed by atoms with Crippen molar-refractivity contribution in [2.75, 3.05) is 24.2 Å². The van der Waals surface area contributed by atoms with Crippen LogP contribution in [0.5, 0.6) is 5.88 Å². The third-order valence-electron chi connectivity index (χ3n) is 3.84. The number of pyridine rings is 1. The zero-order valence-corrected chi connectivity index (χ0v) is 15.4. The van der Waals surface area contributed by atoms with Crippen LogP contribution in [0.4, 0.5) is 11.8 Å². The molecule has 0 aliphatic rings. The van der Waals surface area contributed by atoms with Gasteiger partial charge in [-0.1, -0.05) is 23.7 Å². The predicted molar refractivity (Wildman–Crippen MR) is 105 cm³/mol. The molecule has 8 heteroatoms. The highest BCUT2D eigenvalue weighted by atomic mass is 35.5. The molecule has 1 aromatic carbocycles. The Labute approximate surface area is 161 Å². The first-order valence-electron chi connectivity index (χ1n) is 8.25. The number of nitrogens with two attached hydrogens (primary N) is 1. The fraction of sp³-hybridized carbons (Fsp3) is 0.158. The number of halogens is 1. The van der Waals surface area contributed by atoms with Gasteiger partial charge in [-0.3, -0.25) is 4.79 Å². The smallest absolute Gasteiger partial charge is 0.222 e. The first-order valence-corrected chi connectivity index (χ1v) is 8.62. The highest BCUT2D eigenvalue weighted by Crippen LogP contribution is 2.28. The number of nitrogens with one attached hydrogen (secondary N) is 1. The van der Waals surface area contributed by atoms with Crippen molar-refractivity contribution in [3.05, 3.63) is 58.7 Å². The second kappa shape index (κ2) is 8.46. The standard InChI is InChI=1S/C19H18ClN5O2/c1-12-14(3-2-4-15(12)20)16-9-17(25-19(21)24-16)22-7-8-27-18-6-5-13(11-26)10-23-18/h2-6,9-11H,7-8H2,1H3,(H3,21,22,24,25). The van der Waals surface area contributed by atoms with E-state index in [0.29, 0.717) is 41.1 Å². The van der Waals surface area contributed by atoms with Gasteiger partial charge in [0.25, 0.3) is 0 Å². The Hall–Kier alpha value is -3.19. The summed E-state index contributed by atoms with van der Waals surface area (Å²) in [6, 6.07) is 10.7. The minimum atomic E-state index is 0.168. The lowest BCUT2D eigenvalue weighted by molar-refractivity contribution is 0.112. The number of ether oxygens (including phenoxy) is 1. The molecule has 2 aromatic heterocycles. The van der Waals surface area contributed by atoms with E-state index in [-0.39, 0.29) is 5.95 Å². The van der Waals surface area contributed by atoms with Gasteiger partial charge in [-0.15, -0.1) is 0 Å². The number of hydrogen-bond donors (Lipinski definition) is 2. The maximum atomic E-state index is 10.6. The van der Waals surface area contributed by atoms with Crippen molar-refractivity contribution in [3.8, 4) is 17.1 Å². The Morgan fingerprint density at radius 2 is 2.11 bits per heavy atom. The van der Waals surface area contributed by atoms with Crippen LogP contribution in [0.3, 0.4) is 0 Å². The second-order valence-electron chi connectivity index (χ2n) is 5.73. The van der Waals surface area contributed by atoms with Crippen LogP contribution in [0, 0.1) is 6.92 Å². The molecule has 0 saturated heterocycles. The van der Waals surface area contributed by atoms with Crippen molar-refractivity contribution in [2.24, 2.45) is 0 Å². The number of nitrogen functional groups attached to an aromatic ring is 1. The van der Waals surface area contributed by atoms with Gasteiger partial charge >= 0.3 is 0 Å². The Morgan fingerprint density at radius 1 is 1.26 bits per heavy atom. The van der Waals surface area contributed by atoms with Crippen LogP contribution < -0.4 is 15.8 Å². The van der Waals surface area contributed by atoms with E-state index in [1.54, 1.807) is 12.1 Å². The third kappa shape index (κ3) is 4.71. The highest BCUT2D eigenvalue weighted by Gasteiger charge is 2.09. The number of carbonyl (C=O) groups excluding carboxylic acids is 1. The maximum Gasteiger partial charge on any atom is 0.222 e. The fourth-order valence-electron chi connectivity index (χ4n) is 2.46. The molecule has 0 amide bonds. The van der Waals surface area contributed by atoms with Gasteiger partial charge in [-0.2, -0.15) is 4.98 Å². The van der Waals surface area contributed by atoms with E-state index in [9.17, 15) is 4.79 Å². The molecule has 2 heterocycles. The molecule has 0 atom stereocenters. The van der Waals surface area contributed by atoms with Crippen LogP contribution in [0.25, 0.3) is 11.3 Å². The highest BCUT2D eigenvalue weighted by molar-refractivity contribution is 6.31. The summed E-state index contributed by atoms with van der Waals surface area (Å²) in [7, 11) is 0. The molecule has 0 bridgehead atoms. The summed E-state index contributed by atoms with van der Waals surface area (Å²) in [6.07, 6.45) is 2.19. The molecule has 0 spiro atoms. The number of benzene rings is 1. The quantitative estimate of drug-likeness (QED) is 0.476. The number of rotatable bonds is 7. The molecule has 0 aliphatic heterocycles. The van der Waals surface area contributed by atoms with E-state index in [0.717, 1.165) is 17.4 Å². The average Bonchev–Trinajstić information content (AvgIpc) is 2.67. The number of anilines is 2. The summed E-state index contributed by atoms with van der Waals surface area (Å²) in [5, 5.41) is 3.82. The molecule has 0 fully saturated rings. The van der Waals surface area contributed by atoms with Gasteiger partial charge in [0.2, 0.25) is 11.8 Å². The minimum absolute atomic E-state index is 0.168. The van der Waals surface area contributed by atoms with E-state index in [1.165, 1.54) is 6.20 Å². The third-order valence-corrected chi connectivity index (χ3v) is 4.25. The van der Waals surface area contributed by atoms with Crippen molar-refractivity contribution in [1.29, 1.82) is 0 Å². The lowest BCUT2D eigenvalue weighted by atomic mass is 10.1. The van der Waals surface area contributed by atoms with Gasteiger partial charge in [0.05, 0.1) is 12.2 Å². The van der Waals surface area contributed by atoms with Gasteiger partial charge < -0.3 is 15.8 Å². The molecule has 0 radical (unpaired) electrons. The van der Waals surface area contributed by atoms with Gasteiger partial charge in [-0.25, -0.2) is 9.97 Å². The number of aromatic nitrogens is 3. The van der Waals surface area contributed by atoms with Crippen LogP contribution in [0.1, 0.15) is 15.9 Å². The van der Waals surface area contributed by atoms with Crippen LogP contribution in [-0.4, -0.2) is 34.4 Å². The lowest BCUT2D eigenvalue weighted by Gasteiger charge is -2.11. The monoisotopic (exact) mass is 383 g/mol. The Kier molecular flexibility index (Phi) is 5.83. The summed E-state index contributed by atoms with van der Waals surface area (Å²) in [5.74, 6) is 1.20. The Bertz CT molecular complexity index is 947. The zero-order chi connectivity index (χ0) is 19.2. The molecular weight excluding hydrogens is 366 g/mol. The SMILES string of the molecule is Cc1c(Cl)cccc1-c1cc(NCCOc2ccc(C=O)cn2)nc(N)n1. The van der Waals surface area contributed by atoms with E-state index in [4.69, 9.17) is 22.1 Å².